The first-order valence-electron chi connectivity index (χ1n) is 6.92. The molecular formula is C16H27ClN2O2. The van der Waals surface area contributed by atoms with Crippen LogP contribution in [0.1, 0.15) is 31.9 Å². The van der Waals surface area contributed by atoms with Crippen molar-refractivity contribution in [3.63, 3.8) is 0 Å². The van der Waals surface area contributed by atoms with Crippen molar-refractivity contribution in [3.05, 3.63) is 29.3 Å². The number of ether oxygens (including phenoxy) is 1. The first-order valence-corrected chi connectivity index (χ1v) is 6.92. The summed E-state index contributed by atoms with van der Waals surface area (Å²) in [7, 11) is 1.66. The lowest BCUT2D eigenvalue weighted by Gasteiger charge is -2.25. The summed E-state index contributed by atoms with van der Waals surface area (Å²) < 4.78 is 5.32. The Hall–Kier alpha value is -1.26. The fraction of sp³-hybridized carbons (Fsp3) is 0.562. The minimum Gasteiger partial charge on any atom is -0.496 e. The number of hydrogen-bond acceptors (Lipinski definition) is 3. The van der Waals surface area contributed by atoms with Crippen LogP contribution in [0.15, 0.2) is 18.2 Å². The summed E-state index contributed by atoms with van der Waals surface area (Å²) in [6.07, 6.45) is 0.730. The highest BCUT2D eigenvalue weighted by molar-refractivity contribution is 5.85. The molecule has 0 heterocycles. The second kappa shape index (κ2) is 8.25. The highest BCUT2D eigenvalue weighted by Crippen LogP contribution is 2.20. The fourth-order valence-electron chi connectivity index (χ4n) is 1.93. The third kappa shape index (κ3) is 5.94. The van der Waals surface area contributed by atoms with Crippen LogP contribution in [0.25, 0.3) is 0 Å². The molecule has 0 spiro atoms. The van der Waals surface area contributed by atoms with E-state index in [4.69, 9.17) is 10.5 Å². The van der Waals surface area contributed by atoms with E-state index in [0.29, 0.717) is 6.54 Å². The number of hydrogen-bond donors (Lipinski definition) is 2. The Bertz CT molecular complexity index is 470. The zero-order valence-corrected chi connectivity index (χ0v) is 14.3. The van der Waals surface area contributed by atoms with Gasteiger partial charge in [-0.25, -0.2) is 0 Å². The standard InChI is InChI=1S/C16H26N2O2.ClH/c1-11-6-7-13(20-5)12(10-11)8-9-18-15(19)14(17)16(2,3)4;/h6-7,10,14H,8-9,17H2,1-5H3,(H,18,19);1H/t14-;/m1./s1. The molecule has 0 bridgehead atoms. The molecule has 120 valence electrons. The van der Waals surface area contributed by atoms with Crippen LogP contribution in [-0.4, -0.2) is 25.6 Å². The van der Waals surface area contributed by atoms with E-state index < -0.39 is 6.04 Å². The van der Waals surface area contributed by atoms with Gasteiger partial charge in [0.2, 0.25) is 5.91 Å². The van der Waals surface area contributed by atoms with Crippen molar-refractivity contribution in [2.45, 2.75) is 40.2 Å². The monoisotopic (exact) mass is 314 g/mol. The number of aryl methyl sites for hydroxylation is 1. The van der Waals surface area contributed by atoms with E-state index >= 15 is 0 Å². The molecule has 1 rings (SSSR count). The topological polar surface area (TPSA) is 64.3 Å². The normalized spacial score (nSPS) is 12.3. The number of nitrogens with one attached hydrogen (secondary N) is 1. The molecule has 0 saturated carbocycles. The third-order valence-corrected chi connectivity index (χ3v) is 3.34. The van der Waals surface area contributed by atoms with E-state index in [1.807, 2.05) is 39.8 Å². The van der Waals surface area contributed by atoms with Crippen molar-refractivity contribution in [1.82, 2.24) is 5.32 Å². The van der Waals surface area contributed by atoms with E-state index in [9.17, 15) is 4.79 Å². The Morgan fingerprint density at radius 1 is 1.38 bits per heavy atom. The summed E-state index contributed by atoms with van der Waals surface area (Å²) in [5.41, 5.74) is 7.96. The molecule has 3 N–H and O–H groups in total. The summed E-state index contributed by atoms with van der Waals surface area (Å²) in [4.78, 5) is 11.9. The molecule has 1 aromatic rings. The Labute approximate surface area is 133 Å². The minimum absolute atomic E-state index is 0. The number of halogens is 1. The van der Waals surface area contributed by atoms with Gasteiger partial charge in [0.25, 0.3) is 0 Å². The lowest BCUT2D eigenvalue weighted by molar-refractivity contribution is -0.124. The SMILES string of the molecule is COc1ccc(C)cc1CCNC(=O)[C@@H](N)C(C)(C)C.Cl. The lowest BCUT2D eigenvalue weighted by Crippen LogP contribution is -2.49. The van der Waals surface area contributed by atoms with Crippen molar-refractivity contribution in [1.29, 1.82) is 0 Å². The van der Waals surface area contributed by atoms with Gasteiger partial charge < -0.3 is 15.8 Å². The molecular weight excluding hydrogens is 288 g/mol. The van der Waals surface area contributed by atoms with Crippen LogP contribution in [0.3, 0.4) is 0 Å². The first kappa shape index (κ1) is 19.7. The number of methoxy groups -OCH3 is 1. The van der Waals surface area contributed by atoms with Crippen molar-refractivity contribution >= 4 is 18.3 Å². The predicted octanol–water partition coefficient (Wildman–Crippen LogP) is 2.46. The van der Waals surface area contributed by atoms with E-state index in [0.717, 1.165) is 17.7 Å². The van der Waals surface area contributed by atoms with Crippen molar-refractivity contribution in [2.24, 2.45) is 11.1 Å². The minimum atomic E-state index is -0.498. The largest absolute Gasteiger partial charge is 0.496 e. The van der Waals surface area contributed by atoms with Crippen molar-refractivity contribution < 1.29 is 9.53 Å². The van der Waals surface area contributed by atoms with E-state index in [1.165, 1.54) is 5.56 Å². The van der Waals surface area contributed by atoms with Crippen LogP contribution in [-0.2, 0) is 11.2 Å². The second-order valence-electron chi connectivity index (χ2n) is 6.20. The molecule has 4 nitrogen and oxygen atoms in total. The average molecular weight is 315 g/mol. The van der Waals surface area contributed by atoms with Crippen LogP contribution < -0.4 is 15.8 Å². The lowest BCUT2D eigenvalue weighted by atomic mass is 9.87. The van der Waals surface area contributed by atoms with Gasteiger partial charge in [-0.05, 0) is 30.4 Å². The molecule has 0 aromatic heterocycles. The number of carbonyl (C=O) groups is 1. The van der Waals surface area contributed by atoms with Gasteiger partial charge in [-0.2, -0.15) is 0 Å². The number of benzene rings is 1. The fourth-order valence-corrected chi connectivity index (χ4v) is 1.93. The summed E-state index contributed by atoms with van der Waals surface area (Å²) in [6, 6.07) is 5.54. The quantitative estimate of drug-likeness (QED) is 0.877. The molecule has 0 aliphatic heterocycles. The van der Waals surface area contributed by atoms with Crippen LogP contribution in [0.5, 0.6) is 5.75 Å². The summed E-state index contributed by atoms with van der Waals surface area (Å²) >= 11 is 0. The van der Waals surface area contributed by atoms with E-state index in [-0.39, 0.29) is 23.7 Å². The molecule has 1 aromatic carbocycles. The average Bonchev–Trinajstić information content (AvgIpc) is 2.37. The van der Waals surface area contributed by atoms with Crippen LogP contribution in [0.2, 0.25) is 0 Å². The van der Waals surface area contributed by atoms with Gasteiger partial charge >= 0.3 is 0 Å². The molecule has 5 heteroatoms. The molecule has 0 aliphatic rings. The molecule has 0 fully saturated rings. The van der Waals surface area contributed by atoms with E-state index in [2.05, 4.69) is 11.4 Å². The Balaban J connectivity index is 0.00000400. The van der Waals surface area contributed by atoms with E-state index in [1.54, 1.807) is 7.11 Å². The van der Waals surface area contributed by atoms with Gasteiger partial charge in [-0.3, -0.25) is 4.79 Å². The van der Waals surface area contributed by atoms with Gasteiger partial charge in [0, 0.05) is 6.54 Å². The molecule has 0 radical (unpaired) electrons. The van der Waals surface area contributed by atoms with Gasteiger partial charge in [0.15, 0.2) is 0 Å². The maximum atomic E-state index is 11.9. The summed E-state index contributed by atoms with van der Waals surface area (Å²) in [6.45, 7) is 8.47. The maximum Gasteiger partial charge on any atom is 0.237 e. The van der Waals surface area contributed by atoms with Crippen LogP contribution >= 0.6 is 12.4 Å². The van der Waals surface area contributed by atoms with Gasteiger partial charge in [-0.15, -0.1) is 12.4 Å². The Kier molecular flexibility index (Phi) is 7.75. The molecule has 0 aliphatic carbocycles. The first-order chi connectivity index (χ1) is 9.25. The highest BCUT2D eigenvalue weighted by Gasteiger charge is 2.26. The maximum absolute atomic E-state index is 11.9. The summed E-state index contributed by atoms with van der Waals surface area (Å²) in [5, 5.41) is 2.89. The smallest absolute Gasteiger partial charge is 0.237 e. The third-order valence-electron chi connectivity index (χ3n) is 3.34. The number of nitrogens with two attached hydrogens (primary N) is 1. The number of amides is 1. The van der Waals surface area contributed by atoms with Crippen LogP contribution in [0, 0.1) is 12.3 Å². The van der Waals surface area contributed by atoms with Gasteiger partial charge in [-0.1, -0.05) is 38.5 Å². The summed E-state index contributed by atoms with van der Waals surface area (Å²) in [5.74, 6) is 0.745. The molecule has 21 heavy (non-hydrogen) atoms. The molecule has 0 saturated heterocycles. The molecule has 1 atom stereocenters. The number of rotatable bonds is 5. The highest BCUT2D eigenvalue weighted by atomic mass is 35.5. The molecule has 0 unspecified atom stereocenters. The zero-order valence-electron chi connectivity index (χ0n) is 13.5. The molecule has 1 amide bonds. The number of carbonyl (C=O) groups excluding carboxylic acids is 1. The van der Waals surface area contributed by atoms with Crippen molar-refractivity contribution in [2.75, 3.05) is 13.7 Å². The second-order valence-corrected chi connectivity index (χ2v) is 6.20. The van der Waals surface area contributed by atoms with Gasteiger partial charge in [0.1, 0.15) is 5.75 Å². The zero-order chi connectivity index (χ0) is 15.3. The predicted molar refractivity (Wildman–Crippen MR) is 89.1 cm³/mol. The Morgan fingerprint density at radius 2 is 2.00 bits per heavy atom. The Morgan fingerprint density at radius 3 is 2.52 bits per heavy atom. The van der Waals surface area contributed by atoms with Crippen LogP contribution in [0.4, 0.5) is 0 Å². The van der Waals surface area contributed by atoms with Crippen molar-refractivity contribution in [3.8, 4) is 5.75 Å². The van der Waals surface area contributed by atoms with Gasteiger partial charge in [0.05, 0.1) is 13.2 Å².